The van der Waals surface area contributed by atoms with Crippen LogP contribution in [-0.4, -0.2) is 48.5 Å². The molecule has 1 aliphatic rings. The summed E-state index contributed by atoms with van der Waals surface area (Å²) >= 11 is 5.94. The molecule has 0 bridgehead atoms. The van der Waals surface area contributed by atoms with Gasteiger partial charge in [0.05, 0.1) is 0 Å². The Hall–Kier alpha value is -2.04. The number of carbonyl (C=O) groups excluding carboxylic acids is 1. The van der Waals surface area contributed by atoms with E-state index in [1.54, 1.807) is 18.2 Å². The fourth-order valence-electron chi connectivity index (χ4n) is 3.31. The largest absolute Gasteiger partial charge is 0.484 e. The van der Waals surface area contributed by atoms with Gasteiger partial charge < -0.3 is 9.64 Å². The second kappa shape index (κ2) is 9.06. The van der Waals surface area contributed by atoms with Crippen LogP contribution in [0.5, 0.6) is 5.75 Å². The number of likely N-dealkylation sites (tertiary alicyclic amines) is 1. The van der Waals surface area contributed by atoms with Gasteiger partial charge in [0.15, 0.2) is 6.61 Å². The summed E-state index contributed by atoms with van der Waals surface area (Å²) in [6, 6.07) is 17.9. The van der Waals surface area contributed by atoms with E-state index in [2.05, 4.69) is 29.2 Å². The zero-order valence-corrected chi connectivity index (χ0v) is 15.9. The third kappa shape index (κ3) is 5.23. The van der Waals surface area contributed by atoms with Crippen molar-refractivity contribution >= 4 is 17.5 Å². The number of likely N-dealkylation sites (N-methyl/N-ethyl adjacent to an activating group) is 1. The summed E-state index contributed by atoms with van der Waals surface area (Å²) in [5.41, 5.74) is 1.34. The van der Waals surface area contributed by atoms with Crippen LogP contribution in [0.25, 0.3) is 0 Å². The number of ether oxygens (including phenoxy) is 1. The van der Waals surface area contributed by atoms with Gasteiger partial charge in [-0.05, 0) is 36.6 Å². The van der Waals surface area contributed by atoms with E-state index in [0.29, 0.717) is 10.8 Å². The van der Waals surface area contributed by atoms with Crippen LogP contribution in [0, 0.1) is 0 Å². The minimum absolute atomic E-state index is 0.00600. The van der Waals surface area contributed by atoms with Crippen molar-refractivity contribution in [1.29, 1.82) is 0 Å². The summed E-state index contributed by atoms with van der Waals surface area (Å²) in [5.74, 6) is 0.628. The Balaban J connectivity index is 1.44. The van der Waals surface area contributed by atoms with Crippen molar-refractivity contribution in [2.75, 3.05) is 26.7 Å². The molecule has 26 heavy (non-hydrogen) atoms. The lowest BCUT2D eigenvalue weighted by Gasteiger charge is -2.36. The van der Waals surface area contributed by atoms with Crippen LogP contribution in [0.2, 0.25) is 5.02 Å². The highest BCUT2D eigenvalue weighted by Crippen LogP contribution is 2.19. The van der Waals surface area contributed by atoms with Crippen LogP contribution in [0.3, 0.4) is 0 Å². The molecular formula is C21H25ClN2O2. The first-order valence-corrected chi connectivity index (χ1v) is 9.40. The number of hydrogen-bond acceptors (Lipinski definition) is 3. The Morgan fingerprint density at radius 3 is 2.58 bits per heavy atom. The second-order valence-corrected chi connectivity index (χ2v) is 7.18. The molecule has 0 N–H and O–H groups in total. The van der Waals surface area contributed by atoms with Gasteiger partial charge in [-0.25, -0.2) is 0 Å². The number of piperidine rings is 1. The fourth-order valence-corrected chi connectivity index (χ4v) is 3.49. The molecule has 2 aromatic carbocycles. The normalized spacial score (nSPS) is 15.6. The van der Waals surface area contributed by atoms with Crippen molar-refractivity contribution in [2.45, 2.75) is 25.4 Å². The molecule has 1 saturated heterocycles. The van der Waals surface area contributed by atoms with Crippen molar-refractivity contribution < 1.29 is 9.53 Å². The molecular weight excluding hydrogens is 348 g/mol. The van der Waals surface area contributed by atoms with Gasteiger partial charge in [-0.15, -0.1) is 0 Å². The van der Waals surface area contributed by atoms with E-state index >= 15 is 0 Å². The van der Waals surface area contributed by atoms with Gasteiger partial charge in [0.2, 0.25) is 0 Å². The molecule has 1 fully saturated rings. The topological polar surface area (TPSA) is 32.8 Å². The molecule has 3 rings (SSSR count). The van der Waals surface area contributed by atoms with E-state index in [1.807, 2.05) is 24.1 Å². The van der Waals surface area contributed by atoms with Crippen molar-refractivity contribution in [2.24, 2.45) is 0 Å². The molecule has 4 nitrogen and oxygen atoms in total. The third-order valence-corrected chi connectivity index (χ3v) is 5.14. The average Bonchev–Trinajstić information content (AvgIpc) is 2.67. The highest BCUT2D eigenvalue weighted by molar-refractivity contribution is 6.30. The Kier molecular flexibility index (Phi) is 6.53. The van der Waals surface area contributed by atoms with Crippen LogP contribution in [0.1, 0.15) is 18.4 Å². The summed E-state index contributed by atoms with van der Waals surface area (Å²) < 4.78 is 5.57. The maximum Gasteiger partial charge on any atom is 0.260 e. The summed E-state index contributed by atoms with van der Waals surface area (Å²) in [6.07, 6.45) is 1.98. The quantitative estimate of drug-likeness (QED) is 0.772. The maximum atomic E-state index is 12.4. The van der Waals surface area contributed by atoms with E-state index in [0.717, 1.165) is 32.5 Å². The maximum absolute atomic E-state index is 12.4. The molecule has 0 unspecified atom stereocenters. The van der Waals surface area contributed by atoms with Gasteiger partial charge in [0.1, 0.15) is 5.75 Å². The first-order chi connectivity index (χ1) is 12.6. The number of halogens is 1. The standard InChI is InChI=1S/C21H25ClN2O2/c1-23(21(25)16-26-20-9-5-8-18(22)14-20)19-10-12-24(13-11-19)15-17-6-3-2-4-7-17/h2-9,14,19H,10-13,15-16H2,1H3. The molecule has 2 aromatic rings. The first kappa shape index (κ1) is 18.7. The highest BCUT2D eigenvalue weighted by Gasteiger charge is 2.25. The van der Waals surface area contributed by atoms with E-state index in [4.69, 9.17) is 16.3 Å². The number of nitrogens with zero attached hydrogens (tertiary/aromatic N) is 2. The molecule has 138 valence electrons. The van der Waals surface area contributed by atoms with E-state index < -0.39 is 0 Å². The number of hydrogen-bond donors (Lipinski definition) is 0. The first-order valence-electron chi connectivity index (χ1n) is 9.02. The fraction of sp³-hybridized carbons (Fsp3) is 0.381. The van der Waals surface area contributed by atoms with Crippen LogP contribution >= 0.6 is 11.6 Å². The van der Waals surface area contributed by atoms with E-state index in [1.165, 1.54) is 5.56 Å². The number of carbonyl (C=O) groups is 1. The van der Waals surface area contributed by atoms with Gasteiger partial charge in [0.25, 0.3) is 5.91 Å². The van der Waals surface area contributed by atoms with Crippen LogP contribution in [0.4, 0.5) is 0 Å². The minimum atomic E-state index is 0.00600. The SMILES string of the molecule is CN(C(=O)COc1cccc(Cl)c1)C1CCN(Cc2ccccc2)CC1. The number of amides is 1. The summed E-state index contributed by atoms with van der Waals surface area (Å²) in [6.45, 7) is 3.03. The molecule has 0 aliphatic carbocycles. The predicted octanol–water partition coefficient (Wildman–Crippen LogP) is 3.84. The average molecular weight is 373 g/mol. The molecule has 1 aliphatic heterocycles. The smallest absolute Gasteiger partial charge is 0.260 e. The Bertz CT molecular complexity index is 715. The van der Waals surface area contributed by atoms with Crippen molar-refractivity contribution in [3.8, 4) is 5.75 Å². The number of rotatable bonds is 6. The van der Waals surface area contributed by atoms with Crippen LogP contribution in [0.15, 0.2) is 54.6 Å². The second-order valence-electron chi connectivity index (χ2n) is 6.74. The van der Waals surface area contributed by atoms with Gasteiger partial charge in [-0.1, -0.05) is 48.0 Å². The Morgan fingerprint density at radius 1 is 1.15 bits per heavy atom. The van der Waals surface area contributed by atoms with Crippen molar-refractivity contribution in [3.63, 3.8) is 0 Å². The molecule has 0 atom stereocenters. The number of benzene rings is 2. The Morgan fingerprint density at radius 2 is 1.88 bits per heavy atom. The molecule has 0 aromatic heterocycles. The van der Waals surface area contributed by atoms with Crippen molar-refractivity contribution in [1.82, 2.24) is 9.80 Å². The molecule has 0 radical (unpaired) electrons. The molecule has 1 heterocycles. The lowest BCUT2D eigenvalue weighted by Crippen LogP contribution is -2.46. The molecule has 0 saturated carbocycles. The van der Waals surface area contributed by atoms with Gasteiger partial charge in [-0.2, -0.15) is 0 Å². The molecule has 0 spiro atoms. The van der Waals surface area contributed by atoms with E-state index in [-0.39, 0.29) is 18.6 Å². The van der Waals surface area contributed by atoms with Crippen LogP contribution < -0.4 is 4.74 Å². The minimum Gasteiger partial charge on any atom is -0.484 e. The van der Waals surface area contributed by atoms with Crippen molar-refractivity contribution in [3.05, 3.63) is 65.2 Å². The summed E-state index contributed by atoms with van der Waals surface area (Å²) in [7, 11) is 1.88. The summed E-state index contributed by atoms with van der Waals surface area (Å²) in [5, 5.41) is 0.606. The lowest BCUT2D eigenvalue weighted by molar-refractivity contribution is -0.135. The van der Waals surface area contributed by atoms with E-state index in [9.17, 15) is 4.79 Å². The van der Waals surface area contributed by atoms with Gasteiger partial charge in [0, 0.05) is 37.7 Å². The molecule has 1 amide bonds. The Labute approximate surface area is 160 Å². The van der Waals surface area contributed by atoms with Gasteiger partial charge in [-0.3, -0.25) is 9.69 Å². The monoisotopic (exact) mass is 372 g/mol. The highest BCUT2D eigenvalue weighted by atomic mass is 35.5. The predicted molar refractivity (Wildman–Crippen MR) is 104 cm³/mol. The zero-order valence-electron chi connectivity index (χ0n) is 15.1. The lowest BCUT2D eigenvalue weighted by atomic mass is 10.0. The van der Waals surface area contributed by atoms with Gasteiger partial charge >= 0.3 is 0 Å². The zero-order chi connectivity index (χ0) is 18.4. The summed E-state index contributed by atoms with van der Waals surface area (Å²) in [4.78, 5) is 16.7. The third-order valence-electron chi connectivity index (χ3n) is 4.91. The van der Waals surface area contributed by atoms with Crippen LogP contribution in [-0.2, 0) is 11.3 Å². The molecule has 5 heteroatoms.